The van der Waals surface area contributed by atoms with Crippen LogP contribution in [-0.2, 0) is 32.6 Å². The number of anilines is 1. The first kappa shape index (κ1) is 23.4. The maximum absolute atomic E-state index is 13.6. The molecule has 1 heterocycles. The van der Waals surface area contributed by atoms with Crippen LogP contribution in [0.5, 0.6) is 0 Å². The molecule has 1 aromatic heterocycles. The van der Waals surface area contributed by atoms with Crippen molar-refractivity contribution in [3.8, 4) is 0 Å². The zero-order valence-electron chi connectivity index (χ0n) is 18.4. The number of benzene rings is 2. The molecular formula is C24H27N3O4S. The summed E-state index contributed by atoms with van der Waals surface area (Å²) in [6.07, 6.45) is 2.79. The molecule has 8 heteroatoms. The molecule has 32 heavy (non-hydrogen) atoms. The van der Waals surface area contributed by atoms with E-state index in [0.717, 1.165) is 11.1 Å². The second-order valence-corrected chi connectivity index (χ2v) is 9.83. The average Bonchev–Trinajstić information content (AvgIpc) is 2.79. The first-order chi connectivity index (χ1) is 15.2. The molecule has 0 unspecified atom stereocenters. The molecule has 3 rings (SSSR count). The molecule has 0 saturated carbocycles. The van der Waals surface area contributed by atoms with Crippen LogP contribution in [0.4, 0.5) is 5.69 Å². The van der Waals surface area contributed by atoms with Gasteiger partial charge in [0.05, 0.1) is 19.0 Å². The van der Waals surface area contributed by atoms with Crippen molar-refractivity contribution in [2.75, 3.05) is 12.4 Å². The van der Waals surface area contributed by atoms with E-state index < -0.39 is 21.5 Å². The molecule has 0 aliphatic heterocycles. The number of carbonyl (C=O) groups excluding carboxylic acids is 1. The molecule has 3 aromatic rings. The first-order valence-electron chi connectivity index (χ1n) is 10.1. The van der Waals surface area contributed by atoms with Crippen molar-refractivity contribution in [2.24, 2.45) is 0 Å². The number of sulfonamides is 1. The fourth-order valence-corrected chi connectivity index (χ4v) is 4.65. The van der Waals surface area contributed by atoms with Crippen molar-refractivity contribution in [3.05, 3.63) is 90.3 Å². The smallest absolute Gasteiger partial charge is 0.330 e. The van der Waals surface area contributed by atoms with E-state index in [0.29, 0.717) is 5.69 Å². The topological polar surface area (TPSA) is 88.6 Å². The van der Waals surface area contributed by atoms with Crippen molar-refractivity contribution in [2.45, 2.75) is 37.4 Å². The Morgan fingerprint density at radius 1 is 0.969 bits per heavy atom. The van der Waals surface area contributed by atoms with E-state index in [1.165, 1.54) is 29.9 Å². The van der Waals surface area contributed by atoms with Gasteiger partial charge < -0.3 is 10.1 Å². The number of ether oxygens (including phenoxy) is 1. The molecule has 0 spiro atoms. The largest absolute Gasteiger partial charge is 0.467 e. The number of pyridine rings is 1. The zero-order valence-corrected chi connectivity index (χ0v) is 19.2. The second-order valence-electron chi connectivity index (χ2n) is 7.90. The molecule has 0 fully saturated rings. The lowest BCUT2D eigenvalue weighted by atomic mass is 10.1. The molecule has 0 radical (unpaired) electrons. The highest BCUT2D eigenvalue weighted by molar-refractivity contribution is 7.89. The van der Waals surface area contributed by atoms with E-state index in [-0.39, 0.29) is 18.0 Å². The summed E-state index contributed by atoms with van der Waals surface area (Å²) in [5.41, 5.74) is 1.11. The first-order valence-corrected chi connectivity index (χ1v) is 11.6. The number of nitrogens with zero attached hydrogens (tertiary/aromatic N) is 2. The Hall–Kier alpha value is -3.23. The number of esters is 1. The summed E-state index contributed by atoms with van der Waals surface area (Å²) < 4.78 is 33.5. The molecule has 0 bridgehead atoms. The molecule has 0 saturated heterocycles. The fourth-order valence-electron chi connectivity index (χ4n) is 3.24. The predicted octanol–water partition coefficient (Wildman–Crippen LogP) is 3.84. The van der Waals surface area contributed by atoms with Crippen LogP contribution in [0.2, 0.25) is 0 Å². The van der Waals surface area contributed by atoms with Crippen molar-refractivity contribution in [3.63, 3.8) is 0 Å². The van der Waals surface area contributed by atoms with Crippen LogP contribution in [0.3, 0.4) is 0 Å². The third kappa shape index (κ3) is 5.72. The Morgan fingerprint density at radius 2 is 1.50 bits per heavy atom. The van der Waals surface area contributed by atoms with Gasteiger partial charge in [0.15, 0.2) is 0 Å². The number of methoxy groups -OCH3 is 1. The molecule has 0 amide bonds. The van der Waals surface area contributed by atoms with Crippen LogP contribution in [0.1, 0.15) is 25.0 Å². The van der Waals surface area contributed by atoms with Crippen LogP contribution in [0.25, 0.3) is 0 Å². The second kappa shape index (κ2) is 9.93. The highest BCUT2D eigenvalue weighted by Gasteiger charge is 2.30. The van der Waals surface area contributed by atoms with E-state index in [2.05, 4.69) is 10.3 Å². The lowest BCUT2D eigenvalue weighted by Crippen LogP contribution is -2.41. The van der Waals surface area contributed by atoms with Crippen molar-refractivity contribution in [1.29, 1.82) is 0 Å². The quantitative estimate of drug-likeness (QED) is 0.495. The number of nitrogens with one attached hydrogen (secondary N) is 1. The van der Waals surface area contributed by atoms with Gasteiger partial charge in [-0.1, -0.05) is 60.7 Å². The molecule has 7 nitrogen and oxygen atoms in total. The van der Waals surface area contributed by atoms with Gasteiger partial charge in [-0.05, 0) is 31.0 Å². The number of aromatic nitrogens is 1. The van der Waals surface area contributed by atoms with E-state index in [9.17, 15) is 13.2 Å². The lowest BCUT2D eigenvalue weighted by molar-refractivity contribution is -0.144. The van der Waals surface area contributed by atoms with Crippen LogP contribution < -0.4 is 5.32 Å². The molecule has 2 aromatic carbocycles. The summed E-state index contributed by atoms with van der Waals surface area (Å²) in [5.74, 6) is -0.472. The minimum atomic E-state index is -3.89. The molecule has 168 valence electrons. The molecular weight excluding hydrogens is 426 g/mol. The number of hydrogen-bond acceptors (Lipinski definition) is 6. The van der Waals surface area contributed by atoms with Gasteiger partial charge in [-0.15, -0.1) is 0 Å². The molecule has 0 aliphatic rings. The van der Waals surface area contributed by atoms with Gasteiger partial charge in [-0.25, -0.2) is 13.2 Å². The van der Waals surface area contributed by atoms with Gasteiger partial charge in [0.25, 0.3) is 0 Å². The van der Waals surface area contributed by atoms with Gasteiger partial charge in [-0.2, -0.15) is 4.31 Å². The van der Waals surface area contributed by atoms with Crippen LogP contribution in [0.15, 0.2) is 84.0 Å². The minimum Gasteiger partial charge on any atom is -0.467 e. The van der Waals surface area contributed by atoms with Crippen molar-refractivity contribution < 1.29 is 17.9 Å². The van der Waals surface area contributed by atoms with E-state index in [1.807, 2.05) is 60.7 Å². The highest BCUT2D eigenvalue weighted by Crippen LogP contribution is 2.24. The summed E-state index contributed by atoms with van der Waals surface area (Å²) in [5, 5.41) is 3.00. The summed E-state index contributed by atoms with van der Waals surface area (Å²) >= 11 is 0. The van der Waals surface area contributed by atoms with Gasteiger partial charge in [0.2, 0.25) is 10.0 Å². The van der Waals surface area contributed by atoms with E-state index in [4.69, 9.17) is 4.74 Å². The standard InChI is InChI=1S/C24H27N3O4S/c1-24(2,23(28)31-3)26-21-14-22(16-25-15-21)32(29,30)27(17-19-10-6-4-7-11-19)18-20-12-8-5-9-13-20/h4-16,26H,17-18H2,1-3H3. The normalized spacial score (nSPS) is 11.9. The average molecular weight is 454 g/mol. The Balaban J connectivity index is 1.94. The van der Waals surface area contributed by atoms with Crippen molar-refractivity contribution >= 4 is 21.7 Å². The molecule has 0 aliphatic carbocycles. The number of rotatable bonds is 9. The van der Waals surface area contributed by atoms with E-state index in [1.54, 1.807) is 13.8 Å². The Morgan fingerprint density at radius 3 is 2.00 bits per heavy atom. The summed E-state index contributed by atoms with van der Waals surface area (Å²) in [6, 6.07) is 20.3. The third-order valence-electron chi connectivity index (χ3n) is 4.91. The van der Waals surface area contributed by atoms with Gasteiger partial charge in [-0.3, -0.25) is 4.98 Å². The SMILES string of the molecule is COC(=O)C(C)(C)Nc1cncc(S(=O)(=O)N(Cc2ccccc2)Cc2ccccc2)c1. The van der Waals surface area contributed by atoms with Crippen LogP contribution >= 0.6 is 0 Å². The van der Waals surface area contributed by atoms with Gasteiger partial charge in [0.1, 0.15) is 10.4 Å². The third-order valence-corrected chi connectivity index (χ3v) is 6.66. The van der Waals surface area contributed by atoms with Crippen LogP contribution in [-0.4, -0.2) is 36.3 Å². The van der Waals surface area contributed by atoms with Gasteiger partial charge >= 0.3 is 5.97 Å². The maximum Gasteiger partial charge on any atom is 0.330 e. The fraction of sp³-hybridized carbons (Fsp3) is 0.250. The van der Waals surface area contributed by atoms with E-state index >= 15 is 0 Å². The van der Waals surface area contributed by atoms with Crippen LogP contribution in [0, 0.1) is 0 Å². The molecule has 0 atom stereocenters. The Labute approximate surface area is 189 Å². The Kier molecular flexibility index (Phi) is 7.27. The summed E-state index contributed by atoms with van der Waals surface area (Å²) in [6.45, 7) is 3.72. The summed E-state index contributed by atoms with van der Waals surface area (Å²) in [7, 11) is -2.59. The maximum atomic E-state index is 13.6. The minimum absolute atomic E-state index is 0.0371. The monoisotopic (exact) mass is 453 g/mol. The lowest BCUT2D eigenvalue weighted by Gasteiger charge is -2.25. The van der Waals surface area contributed by atoms with Gasteiger partial charge in [0, 0.05) is 19.3 Å². The summed E-state index contributed by atoms with van der Waals surface area (Å²) in [4.78, 5) is 16.1. The van der Waals surface area contributed by atoms with Crippen molar-refractivity contribution in [1.82, 2.24) is 9.29 Å². The molecule has 1 N–H and O–H groups in total. The number of carbonyl (C=O) groups is 1. The highest BCUT2D eigenvalue weighted by atomic mass is 32.2. The predicted molar refractivity (Wildman–Crippen MR) is 123 cm³/mol. The zero-order chi connectivity index (χ0) is 23.2. The number of hydrogen-bond donors (Lipinski definition) is 1. The Bertz CT molecular complexity index is 1110.